The Hall–Kier alpha value is -0.300. The first kappa shape index (κ1) is 8.31. The van der Waals surface area contributed by atoms with Crippen LogP contribution in [0.2, 0.25) is 0 Å². The van der Waals surface area contributed by atoms with Crippen LogP contribution in [0.4, 0.5) is 0 Å². The molecule has 2 rings (SSSR count). The zero-order valence-corrected chi connectivity index (χ0v) is 8.10. The monoisotopic (exact) mass is 166 g/mol. The summed E-state index contributed by atoms with van der Waals surface area (Å²) in [6, 6.07) is 0. The Balaban J connectivity index is 2.25. The van der Waals surface area contributed by atoms with E-state index >= 15 is 0 Å². The van der Waals surface area contributed by atoms with Crippen LogP contribution in [0.25, 0.3) is 0 Å². The largest absolute Gasteiger partial charge is 0.371 e. The molecule has 2 bridgehead atoms. The summed E-state index contributed by atoms with van der Waals surface area (Å²) in [4.78, 5) is 0. The summed E-state index contributed by atoms with van der Waals surface area (Å²) in [6.45, 7) is 9.61. The van der Waals surface area contributed by atoms with Crippen LogP contribution in [0.15, 0.2) is 12.2 Å². The minimum atomic E-state index is 0.0232. The summed E-state index contributed by atoms with van der Waals surface area (Å²) in [5.74, 6) is 1.42. The smallest absolute Gasteiger partial charge is 0.0863 e. The summed E-state index contributed by atoms with van der Waals surface area (Å²) in [5, 5.41) is 0. The molecular formula is C11H18O. The maximum Gasteiger partial charge on any atom is 0.0863 e. The van der Waals surface area contributed by atoms with E-state index in [0.717, 1.165) is 12.5 Å². The van der Waals surface area contributed by atoms with Gasteiger partial charge in [0, 0.05) is 0 Å². The molecule has 1 nitrogen and oxygen atoms in total. The predicted molar refractivity (Wildman–Crippen MR) is 50.0 cm³/mol. The van der Waals surface area contributed by atoms with Gasteiger partial charge in [0.25, 0.3) is 0 Å². The van der Waals surface area contributed by atoms with Crippen LogP contribution in [-0.4, -0.2) is 12.2 Å². The van der Waals surface area contributed by atoms with E-state index in [9.17, 15) is 0 Å². The molecule has 2 aliphatic rings. The van der Waals surface area contributed by atoms with Crippen LogP contribution < -0.4 is 0 Å². The van der Waals surface area contributed by atoms with Crippen molar-refractivity contribution >= 4 is 0 Å². The van der Waals surface area contributed by atoms with Gasteiger partial charge in [-0.2, -0.15) is 0 Å². The standard InChI is InChI=1S/C11H18O/c1-8-7-12-11(3)6-4-5-10(8)9(11)2/h8,10H,2,4-7H2,1,3H3. The molecule has 0 spiro atoms. The van der Waals surface area contributed by atoms with Gasteiger partial charge < -0.3 is 4.74 Å². The van der Waals surface area contributed by atoms with Gasteiger partial charge in [0.1, 0.15) is 0 Å². The Morgan fingerprint density at radius 1 is 1.58 bits per heavy atom. The zero-order valence-electron chi connectivity index (χ0n) is 8.10. The maximum atomic E-state index is 5.86. The van der Waals surface area contributed by atoms with Gasteiger partial charge in [-0.15, -0.1) is 0 Å². The molecule has 1 aliphatic heterocycles. The maximum absolute atomic E-state index is 5.86. The summed E-state index contributed by atoms with van der Waals surface area (Å²) in [5.41, 5.74) is 1.38. The van der Waals surface area contributed by atoms with E-state index in [0.29, 0.717) is 5.92 Å². The molecule has 3 unspecified atom stereocenters. The first-order valence-electron chi connectivity index (χ1n) is 4.97. The Labute approximate surface area is 74.8 Å². The second-order valence-electron chi connectivity index (χ2n) is 4.54. The molecule has 0 radical (unpaired) electrons. The fourth-order valence-corrected chi connectivity index (χ4v) is 2.61. The fourth-order valence-electron chi connectivity index (χ4n) is 2.61. The topological polar surface area (TPSA) is 9.23 Å². The normalized spacial score (nSPS) is 47.7. The molecule has 1 saturated heterocycles. The van der Waals surface area contributed by atoms with E-state index in [2.05, 4.69) is 20.4 Å². The molecule has 0 amide bonds. The lowest BCUT2D eigenvalue weighted by Crippen LogP contribution is -2.46. The number of hydrogen-bond acceptors (Lipinski definition) is 1. The lowest BCUT2D eigenvalue weighted by molar-refractivity contribution is -0.0873. The molecule has 1 aliphatic carbocycles. The van der Waals surface area contributed by atoms with E-state index in [1.54, 1.807) is 0 Å². The summed E-state index contributed by atoms with van der Waals surface area (Å²) in [7, 11) is 0. The highest BCUT2D eigenvalue weighted by Crippen LogP contribution is 2.46. The second kappa shape index (κ2) is 2.59. The van der Waals surface area contributed by atoms with Crippen molar-refractivity contribution in [1.82, 2.24) is 0 Å². The number of hydrogen-bond donors (Lipinski definition) is 0. The molecule has 1 saturated carbocycles. The average molecular weight is 166 g/mol. The van der Waals surface area contributed by atoms with E-state index in [-0.39, 0.29) is 5.60 Å². The third-order valence-corrected chi connectivity index (χ3v) is 3.65. The third-order valence-electron chi connectivity index (χ3n) is 3.65. The number of ether oxygens (including phenoxy) is 1. The number of rotatable bonds is 0. The molecular weight excluding hydrogens is 148 g/mol. The van der Waals surface area contributed by atoms with Gasteiger partial charge in [0.2, 0.25) is 0 Å². The van der Waals surface area contributed by atoms with Gasteiger partial charge >= 0.3 is 0 Å². The van der Waals surface area contributed by atoms with Crippen LogP contribution in [0.5, 0.6) is 0 Å². The van der Waals surface area contributed by atoms with Gasteiger partial charge in [0.05, 0.1) is 12.2 Å². The molecule has 68 valence electrons. The first-order chi connectivity index (χ1) is 5.63. The average Bonchev–Trinajstić information content (AvgIpc) is 2.03. The van der Waals surface area contributed by atoms with E-state index in [1.165, 1.54) is 24.8 Å². The van der Waals surface area contributed by atoms with Crippen molar-refractivity contribution < 1.29 is 4.74 Å². The molecule has 2 fully saturated rings. The molecule has 12 heavy (non-hydrogen) atoms. The highest BCUT2D eigenvalue weighted by molar-refractivity contribution is 5.20. The molecule has 0 N–H and O–H groups in total. The van der Waals surface area contributed by atoms with E-state index in [4.69, 9.17) is 4.74 Å². The molecule has 3 atom stereocenters. The summed E-state index contributed by atoms with van der Waals surface area (Å²) in [6.07, 6.45) is 3.82. The van der Waals surface area contributed by atoms with Crippen molar-refractivity contribution in [3.05, 3.63) is 12.2 Å². The van der Waals surface area contributed by atoms with Gasteiger partial charge in [-0.1, -0.05) is 13.5 Å². The van der Waals surface area contributed by atoms with Crippen LogP contribution in [0, 0.1) is 11.8 Å². The van der Waals surface area contributed by atoms with Crippen molar-refractivity contribution in [1.29, 1.82) is 0 Å². The van der Waals surface area contributed by atoms with Crippen molar-refractivity contribution in [3.8, 4) is 0 Å². The minimum Gasteiger partial charge on any atom is -0.371 e. The summed E-state index contributed by atoms with van der Waals surface area (Å²) >= 11 is 0. The van der Waals surface area contributed by atoms with Gasteiger partial charge in [0.15, 0.2) is 0 Å². The van der Waals surface area contributed by atoms with Crippen LogP contribution >= 0.6 is 0 Å². The van der Waals surface area contributed by atoms with Crippen LogP contribution in [0.3, 0.4) is 0 Å². The minimum absolute atomic E-state index is 0.0232. The SMILES string of the molecule is C=C1C2CCCC1(C)OCC2C. The molecule has 0 aromatic carbocycles. The summed E-state index contributed by atoms with van der Waals surface area (Å²) < 4.78 is 5.86. The van der Waals surface area contributed by atoms with Crippen molar-refractivity contribution in [2.75, 3.05) is 6.61 Å². The molecule has 0 aromatic heterocycles. The Morgan fingerprint density at radius 2 is 2.33 bits per heavy atom. The lowest BCUT2D eigenvalue weighted by atomic mass is 9.68. The highest BCUT2D eigenvalue weighted by atomic mass is 16.5. The molecule has 0 aromatic rings. The van der Waals surface area contributed by atoms with Crippen molar-refractivity contribution in [2.24, 2.45) is 11.8 Å². The lowest BCUT2D eigenvalue weighted by Gasteiger charge is -2.48. The van der Waals surface area contributed by atoms with Gasteiger partial charge in [-0.05, 0) is 43.6 Å². The highest BCUT2D eigenvalue weighted by Gasteiger charge is 2.42. The van der Waals surface area contributed by atoms with Crippen LogP contribution in [0.1, 0.15) is 33.1 Å². The van der Waals surface area contributed by atoms with Gasteiger partial charge in [-0.25, -0.2) is 0 Å². The van der Waals surface area contributed by atoms with Gasteiger partial charge in [-0.3, -0.25) is 0 Å². The van der Waals surface area contributed by atoms with Crippen LogP contribution in [-0.2, 0) is 4.74 Å². The van der Waals surface area contributed by atoms with E-state index < -0.39 is 0 Å². The first-order valence-corrected chi connectivity index (χ1v) is 4.97. The zero-order chi connectivity index (χ0) is 8.77. The Morgan fingerprint density at radius 3 is 3.00 bits per heavy atom. The third kappa shape index (κ3) is 1.03. The quantitative estimate of drug-likeness (QED) is 0.503. The molecule has 1 heteroatoms. The fraction of sp³-hybridized carbons (Fsp3) is 0.818. The Bertz CT molecular complexity index is 209. The second-order valence-corrected chi connectivity index (χ2v) is 4.54. The van der Waals surface area contributed by atoms with Crippen molar-refractivity contribution in [2.45, 2.75) is 38.7 Å². The Kier molecular flexibility index (Phi) is 1.80. The molecule has 1 heterocycles. The number of fused-ring (bicyclic) bond motifs is 2. The van der Waals surface area contributed by atoms with Crippen molar-refractivity contribution in [3.63, 3.8) is 0 Å². The van der Waals surface area contributed by atoms with E-state index in [1.807, 2.05) is 0 Å². The predicted octanol–water partition coefficient (Wildman–Crippen LogP) is 2.77.